The highest BCUT2D eigenvalue weighted by Gasteiger charge is 2.32. The molecule has 0 radical (unpaired) electrons. The van der Waals surface area contributed by atoms with E-state index in [9.17, 15) is 18.0 Å². The second-order valence-electron chi connectivity index (χ2n) is 4.31. The molecule has 0 atom stereocenters. The lowest BCUT2D eigenvalue weighted by molar-refractivity contribution is -0.137. The molecule has 0 saturated heterocycles. The highest BCUT2D eigenvalue weighted by atomic mass is 19.4. The predicted octanol–water partition coefficient (Wildman–Crippen LogP) is 2.26. The number of anilines is 1. The molecule has 2 N–H and O–H groups in total. The van der Waals surface area contributed by atoms with Gasteiger partial charge in [-0.1, -0.05) is 0 Å². The zero-order valence-electron chi connectivity index (χ0n) is 11.2. The molecule has 0 bridgehead atoms. The molecule has 0 aliphatic rings. The number of nitrogens with two attached hydrogens (primary N) is 1. The molecule has 0 amide bonds. The summed E-state index contributed by atoms with van der Waals surface area (Å²) >= 11 is 0. The standard InChI is InChI=1S/C13H12F3N3O2/c1-19-11(10(21-2)6-18-19)12(20)8-5-7(13(14,15)16)3-4-9(8)17/h3-6H,17H2,1-2H3. The molecule has 1 heterocycles. The summed E-state index contributed by atoms with van der Waals surface area (Å²) in [5, 5.41) is 3.84. The van der Waals surface area contributed by atoms with Gasteiger partial charge >= 0.3 is 6.18 Å². The van der Waals surface area contributed by atoms with E-state index < -0.39 is 17.5 Å². The maximum atomic E-state index is 12.7. The Balaban J connectivity index is 2.55. The van der Waals surface area contributed by atoms with E-state index in [0.717, 1.165) is 18.2 Å². The largest absolute Gasteiger partial charge is 0.493 e. The van der Waals surface area contributed by atoms with Crippen molar-refractivity contribution in [3.63, 3.8) is 0 Å². The summed E-state index contributed by atoms with van der Waals surface area (Å²) in [5.41, 5.74) is 4.42. The van der Waals surface area contributed by atoms with E-state index in [0.29, 0.717) is 0 Å². The first-order valence-corrected chi connectivity index (χ1v) is 5.83. The molecule has 0 spiro atoms. The third kappa shape index (κ3) is 2.69. The molecule has 2 rings (SSSR count). The molecule has 0 aliphatic carbocycles. The van der Waals surface area contributed by atoms with Gasteiger partial charge < -0.3 is 10.5 Å². The van der Waals surface area contributed by atoms with E-state index in [1.165, 1.54) is 25.0 Å². The van der Waals surface area contributed by atoms with Crippen LogP contribution < -0.4 is 10.5 Å². The first-order valence-electron chi connectivity index (χ1n) is 5.83. The first-order chi connectivity index (χ1) is 9.75. The van der Waals surface area contributed by atoms with Gasteiger partial charge in [0.1, 0.15) is 0 Å². The van der Waals surface area contributed by atoms with Crippen molar-refractivity contribution in [2.24, 2.45) is 7.05 Å². The minimum atomic E-state index is -4.56. The molecule has 1 aromatic heterocycles. The zero-order chi connectivity index (χ0) is 15.8. The van der Waals surface area contributed by atoms with Crippen molar-refractivity contribution in [2.75, 3.05) is 12.8 Å². The molecule has 5 nitrogen and oxygen atoms in total. The highest BCUT2D eigenvalue weighted by molar-refractivity contribution is 6.12. The quantitative estimate of drug-likeness (QED) is 0.697. The van der Waals surface area contributed by atoms with Gasteiger partial charge in [0.05, 0.1) is 18.9 Å². The summed E-state index contributed by atoms with van der Waals surface area (Å²) in [4.78, 5) is 12.4. The molecule has 21 heavy (non-hydrogen) atoms. The minimum absolute atomic E-state index is 0.0310. The number of ether oxygens (including phenoxy) is 1. The fourth-order valence-corrected chi connectivity index (χ4v) is 1.88. The van der Waals surface area contributed by atoms with E-state index in [1.807, 2.05) is 0 Å². The van der Waals surface area contributed by atoms with Crippen LogP contribution >= 0.6 is 0 Å². The van der Waals surface area contributed by atoms with Crippen LogP contribution in [0.5, 0.6) is 5.75 Å². The average molecular weight is 299 g/mol. The molecular formula is C13H12F3N3O2. The van der Waals surface area contributed by atoms with Crippen LogP contribution in [0.2, 0.25) is 0 Å². The number of nitrogens with zero attached hydrogens (tertiary/aromatic N) is 2. The van der Waals surface area contributed by atoms with Crippen molar-refractivity contribution in [3.05, 3.63) is 41.2 Å². The summed E-state index contributed by atoms with van der Waals surface area (Å²) in [7, 11) is 2.82. The number of hydrogen-bond donors (Lipinski definition) is 1. The number of carbonyl (C=O) groups is 1. The SMILES string of the molecule is COc1cnn(C)c1C(=O)c1cc(C(F)(F)F)ccc1N. The lowest BCUT2D eigenvalue weighted by Crippen LogP contribution is -2.14. The lowest BCUT2D eigenvalue weighted by atomic mass is 10.0. The molecule has 0 unspecified atom stereocenters. The molecular weight excluding hydrogens is 287 g/mol. The molecule has 0 aliphatic heterocycles. The van der Waals surface area contributed by atoms with Crippen molar-refractivity contribution in [3.8, 4) is 5.75 Å². The van der Waals surface area contributed by atoms with Crippen molar-refractivity contribution < 1.29 is 22.7 Å². The Bertz CT molecular complexity index is 692. The van der Waals surface area contributed by atoms with Crippen molar-refractivity contribution >= 4 is 11.5 Å². The van der Waals surface area contributed by atoms with Gasteiger partial charge in [0.25, 0.3) is 0 Å². The van der Waals surface area contributed by atoms with Crippen LogP contribution in [-0.2, 0) is 13.2 Å². The maximum absolute atomic E-state index is 12.7. The minimum Gasteiger partial charge on any atom is -0.493 e. The number of aromatic nitrogens is 2. The van der Waals surface area contributed by atoms with Crippen LogP contribution in [0.3, 0.4) is 0 Å². The van der Waals surface area contributed by atoms with E-state index >= 15 is 0 Å². The molecule has 112 valence electrons. The van der Waals surface area contributed by atoms with Crippen molar-refractivity contribution in [1.29, 1.82) is 0 Å². The third-order valence-electron chi connectivity index (χ3n) is 2.97. The van der Waals surface area contributed by atoms with Crippen LogP contribution in [0.1, 0.15) is 21.6 Å². The molecule has 1 aromatic carbocycles. The van der Waals surface area contributed by atoms with Gasteiger partial charge in [0.2, 0.25) is 5.78 Å². The Labute approximate surface area is 118 Å². The summed E-state index contributed by atoms with van der Waals surface area (Å²) in [6, 6.07) is 2.61. The summed E-state index contributed by atoms with van der Waals surface area (Å²) in [6.07, 6.45) is -3.25. The van der Waals surface area contributed by atoms with Gasteiger partial charge in [-0.15, -0.1) is 0 Å². The summed E-state index contributed by atoms with van der Waals surface area (Å²) < 4.78 is 44.4. The number of carbonyl (C=O) groups excluding carboxylic acids is 1. The van der Waals surface area contributed by atoms with Gasteiger partial charge in [0, 0.05) is 18.3 Å². The first kappa shape index (κ1) is 14.9. The van der Waals surface area contributed by atoms with Crippen molar-refractivity contribution in [2.45, 2.75) is 6.18 Å². The Morgan fingerprint density at radius 3 is 2.62 bits per heavy atom. The summed E-state index contributed by atoms with van der Waals surface area (Å²) in [6.45, 7) is 0. The van der Waals surface area contributed by atoms with Crippen LogP contribution in [0.25, 0.3) is 0 Å². The molecule has 8 heteroatoms. The number of nitrogen functional groups attached to an aromatic ring is 1. The number of hydrogen-bond acceptors (Lipinski definition) is 4. The number of alkyl halides is 3. The number of halogens is 3. The Morgan fingerprint density at radius 2 is 2.05 bits per heavy atom. The number of aryl methyl sites for hydroxylation is 1. The average Bonchev–Trinajstić information content (AvgIpc) is 2.78. The maximum Gasteiger partial charge on any atom is 0.416 e. The van der Waals surface area contributed by atoms with E-state index in [1.54, 1.807) is 0 Å². The zero-order valence-corrected chi connectivity index (χ0v) is 11.2. The second-order valence-corrected chi connectivity index (χ2v) is 4.31. The van der Waals surface area contributed by atoms with Gasteiger partial charge in [-0.2, -0.15) is 18.3 Å². The fourth-order valence-electron chi connectivity index (χ4n) is 1.88. The predicted molar refractivity (Wildman–Crippen MR) is 69.0 cm³/mol. The van der Waals surface area contributed by atoms with Gasteiger partial charge in [-0.3, -0.25) is 9.48 Å². The van der Waals surface area contributed by atoms with E-state index in [4.69, 9.17) is 10.5 Å². The topological polar surface area (TPSA) is 70.1 Å². The molecule has 0 saturated carbocycles. The number of methoxy groups -OCH3 is 1. The third-order valence-corrected chi connectivity index (χ3v) is 2.97. The second kappa shape index (κ2) is 5.12. The monoisotopic (exact) mass is 299 g/mol. The number of benzene rings is 1. The van der Waals surface area contributed by atoms with E-state index in [-0.39, 0.29) is 22.7 Å². The summed E-state index contributed by atoms with van der Waals surface area (Å²) in [5.74, 6) is -0.519. The van der Waals surface area contributed by atoms with Crippen LogP contribution in [0.15, 0.2) is 24.4 Å². The Morgan fingerprint density at radius 1 is 1.38 bits per heavy atom. The van der Waals surface area contributed by atoms with Crippen LogP contribution in [0.4, 0.5) is 18.9 Å². The van der Waals surface area contributed by atoms with Gasteiger partial charge in [0.15, 0.2) is 11.4 Å². The molecule has 0 fully saturated rings. The number of ketones is 1. The highest BCUT2D eigenvalue weighted by Crippen LogP contribution is 2.32. The van der Waals surface area contributed by atoms with Crippen LogP contribution in [-0.4, -0.2) is 22.7 Å². The van der Waals surface area contributed by atoms with Crippen LogP contribution in [0, 0.1) is 0 Å². The van der Waals surface area contributed by atoms with Gasteiger partial charge in [-0.05, 0) is 18.2 Å². The smallest absolute Gasteiger partial charge is 0.416 e. The van der Waals surface area contributed by atoms with Crippen molar-refractivity contribution in [1.82, 2.24) is 9.78 Å². The number of rotatable bonds is 3. The Kier molecular flexibility index (Phi) is 3.63. The van der Waals surface area contributed by atoms with Gasteiger partial charge in [-0.25, -0.2) is 0 Å². The normalized spacial score (nSPS) is 11.5. The van der Waals surface area contributed by atoms with E-state index in [2.05, 4.69) is 5.10 Å². The lowest BCUT2D eigenvalue weighted by Gasteiger charge is -2.11. The fraction of sp³-hybridized carbons (Fsp3) is 0.231. The molecule has 2 aromatic rings. The Hall–Kier alpha value is -2.51.